The van der Waals surface area contributed by atoms with Crippen molar-refractivity contribution >= 4 is 23.2 Å². The van der Waals surface area contributed by atoms with Crippen molar-refractivity contribution in [3.05, 3.63) is 59.1 Å². The number of ether oxygens (including phenoxy) is 1. The monoisotopic (exact) mass is 289 g/mol. The van der Waals surface area contributed by atoms with E-state index in [0.29, 0.717) is 10.8 Å². The highest BCUT2D eigenvalue weighted by Gasteiger charge is 2.16. The number of hydrogen-bond acceptors (Lipinski definition) is 2. The summed E-state index contributed by atoms with van der Waals surface area (Å²) < 4.78 is 5.57. The number of aryl methyl sites for hydroxylation is 1. The summed E-state index contributed by atoms with van der Waals surface area (Å²) in [7, 11) is 0. The van der Waals surface area contributed by atoms with E-state index in [-0.39, 0.29) is 5.91 Å². The fourth-order valence-corrected chi connectivity index (χ4v) is 1.91. The average molecular weight is 290 g/mol. The van der Waals surface area contributed by atoms with Gasteiger partial charge in [0.1, 0.15) is 5.75 Å². The number of carbonyl (C=O) groups is 1. The lowest BCUT2D eigenvalue weighted by Crippen LogP contribution is -2.30. The van der Waals surface area contributed by atoms with Crippen LogP contribution in [-0.4, -0.2) is 12.0 Å². The number of carbonyl (C=O) groups excluding carboxylic acids is 1. The van der Waals surface area contributed by atoms with E-state index in [1.54, 1.807) is 19.1 Å². The Morgan fingerprint density at radius 1 is 1.15 bits per heavy atom. The molecule has 1 N–H and O–H groups in total. The maximum absolute atomic E-state index is 12.1. The first-order valence-electron chi connectivity index (χ1n) is 6.35. The minimum absolute atomic E-state index is 0.209. The van der Waals surface area contributed by atoms with Gasteiger partial charge in [-0.3, -0.25) is 4.79 Å². The number of para-hydroxylation sites is 2. The van der Waals surface area contributed by atoms with E-state index in [0.717, 1.165) is 11.3 Å². The third-order valence-electron chi connectivity index (χ3n) is 2.91. The third kappa shape index (κ3) is 3.52. The summed E-state index contributed by atoms with van der Waals surface area (Å²) >= 11 is 6.00. The van der Waals surface area contributed by atoms with Gasteiger partial charge in [-0.05, 0) is 37.6 Å². The Labute approximate surface area is 123 Å². The summed E-state index contributed by atoms with van der Waals surface area (Å²) in [6.07, 6.45) is -0.630. The number of benzene rings is 2. The second-order valence-electron chi connectivity index (χ2n) is 4.49. The summed E-state index contributed by atoms with van der Waals surface area (Å²) in [5.41, 5.74) is 1.79. The maximum Gasteiger partial charge on any atom is 0.265 e. The zero-order chi connectivity index (χ0) is 14.5. The fourth-order valence-electron chi connectivity index (χ4n) is 1.73. The molecular formula is C16H16ClNO2. The fraction of sp³-hybridized carbons (Fsp3) is 0.188. The van der Waals surface area contributed by atoms with Crippen LogP contribution >= 0.6 is 11.6 Å². The molecule has 0 saturated carbocycles. The van der Waals surface area contributed by atoms with Crippen LogP contribution < -0.4 is 10.1 Å². The third-order valence-corrected chi connectivity index (χ3v) is 3.22. The first kappa shape index (κ1) is 14.4. The van der Waals surface area contributed by atoms with Crippen LogP contribution in [0.2, 0.25) is 5.02 Å². The second kappa shape index (κ2) is 6.44. The lowest BCUT2D eigenvalue weighted by molar-refractivity contribution is -0.122. The number of rotatable bonds is 4. The predicted octanol–water partition coefficient (Wildman–Crippen LogP) is 4.05. The molecule has 1 amide bonds. The van der Waals surface area contributed by atoms with Crippen molar-refractivity contribution in [1.82, 2.24) is 0 Å². The summed E-state index contributed by atoms with van der Waals surface area (Å²) in [6.45, 7) is 3.63. The molecule has 4 heteroatoms. The van der Waals surface area contributed by atoms with Crippen LogP contribution in [-0.2, 0) is 4.79 Å². The topological polar surface area (TPSA) is 38.3 Å². The number of anilines is 1. The molecule has 0 aliphatic rings. The van der Waals surface area contributed by atoms with E-state index in [9.17, 15) is 4.79 Å². The van der Waals surface area contributed by atoms with Crippen molar-refractivity contribution in [2.45, 2.75) is 20.0 Å². The average Bonchev–Trinajstić information content (AvgIpc) is 2.43. The van der Waals surface area contributed by atoms with Crippen molar-refractivity contribution in [3.8, 4) is 5.75 Å². The Morgan fingerprint density at radius 2 is 1.80 bits per heavy atom. The molecule has 0 bridgehead atoms. The smallest absolute Gasteiger partial charge is 0.265 e. The van der Waals surface area contributed by atoms with Crippen LogP contribution in [0.3, 0.4) is 0 Å². The van der Waals surface area contributed by atoms with Crippen molar-refractivity contribution < 1.29 is 9.53 Å². The maximum atomic E-state index is 12.1. The molecule has 1 atom stereocenters. The Hall–Kier alpha value is -2.00. The molecule has 104 valence electrons. The minimum Gasteiger partial charge on any atom is -0.479 e. The molecule has 2 rings (SSSR count). The van der Waals surface area contributed by atoms with Crippen molar-refractivity contribution in [3.63, 3.8) is 0 Å². The molecule has 2 aromatic rings. The largest absolute Gasteiger partial charge is 0.479 e. The van der Waals surface area contributed by atoms with Gasteiger partial charge in [0.25, 0.3) is 5.91 Å². The van der Waals surface area contributed by atoms with Gasteiger partial charge in [-0.1, -0.05) is 41.9 Å². The molecule has 0 aliphatic carbocycles. The standard InChI is InChI=1S/C16H16ClNO2/c1-11-7-3-5-9-14(11)18-16(19)12(2)20-15-10-6-4-8-13(15)17/h3-10,12H,1-2H3,(H,18,19). The van der Waals surface area contributed by atoms with E-state index in [2.05, 4.69) is 5.32 Å². The molecule has 0 radical (unpaired) electrons. The van der Waals surface area contributed by atoms with Gasteiger partial charge in [0.2, 0.25) is 0 Å². The summed E-state index contributed by atoms with van der Waals surface area (Å²) in [4.78, 5) is 12.1. The molecule has 0 aliphatic heterocycles. The van der Waals surface area contributed by atoms with Crippen LogP contribution in [0.25, 0.3) is 0 Å². The van der Waals surface area contributed by atoms with Crippen molar-refractivity contribution in [2.75, 3.05) is 5.32 Å². The zero-order valence-electron chi connectivity index (χ0n) is 11.4. The van der Waals surface area contributed by atoms with Gasteiger partial charge in [0.05, 0.1) is 5.02 Å². The quantitative estimate of drug-likeness (QED) is 0.922. The first-order chi connectivity index (χ1) is 9.58. The van der Waals surface area contributed by atoms with E-state index in [1.165, 1.54) is 0 Å². The van der Waals surface area contributed by atoms with Gasteiger partial charge in [-0.15, -0.1) is 0 Å². The van der Waals surface area contributed by atoms with Gasteiger partial charge < -0.3 is 10.1 Å². The first-order valence-corrected chi connectivity index (χ1v) is 6.73. The number of hydrogen-bond donors (Lipinski definition) is 1. The van der Waals surface area contributed by atoms with Gasteiger partial charge in [-0.2, -0.15) is 0 Å². The Morgan fingerprint density at radius 3 is 2.50 bits per heavy atom. The van der Waals surface area contributed by atoms with Crippen LogP contribution in [0.4, 0.5) is 5.69 Å². The summed E-state index contributed by atoms with van der Waals surface area (Å²) in [5, 5.41) is 3.33. The highest BCUT2D eigenvalue weighted by molar-refractivity contribution is 6.32. The molecule has 0 spiro atoms. The Balaban J connectivity index is 2.03. The lowest BCUT2D eigenvalue weighted by Gasteiger charge is -2.16. The van der Waals surface area contributed by atoms with Gasteiger partial charge in [-0.25, -0.2) is 0 Å². The van der Waals surface area contributed by atoms with Crippen LogP contribution in [0.5, 0.6) is 5.75 Å². The summed E-state index contributed by atoms with van der Waals surface area (Å²) in [6, 6.07) is 14.7. The Kier molecular flexibility index (Phi) is 4.64. The highest BCUT2D eigenvalue weighted by atomic mass is 35.5. The molecule has 0 aromatic heterocycles. The number of amides is 1. The molecule has 20 heavy (non-hydrogen) atoms. The Bertz CT molecular complexity index is 613. The van der Waals surface area contributed by atoms with E-state index >= 15 is 0 Å². The molecule has 3 nitrogen and oxygen atoms in total. The molecule has 0 heterocycles. The number of nitrogens with one attached hydrogen (secondary N) is 1. The molecular weight excluding hydrogens is 274 g/mol. The second-order valence-corrected chi connectivity index (χ2v) is 4.90. The van der Waals surface area contributed by atoms with E-state index in [4.69, 9.17) is 16.3 Å². The molecule has 0 saturated heterocycles. The predicted molar refractivity (Wildman–Crippen MR) is 81.4 cm³/mol. The van der Waals surface area contributed by atoms with E-state index in [1.807, 2.05) is 43.3 Å². The van der Waals surface area contributed by atoms with Crippen molar-refractivity contribution in [1.29, 1.82) is 0 Å². The number of halogens is 1. The van der Waals surface area contributed by atoms with Crippen LogP contribution in [0.1, 0.15) is 12.5 Å². The zero-order valence-corrected chi connectivity index (χ0v) is 12.1. The lowest BCUT2D eigenvalue weighted by atomic mass is 10.2. The minimum atomic E-state index is -0.630. The van der Waals surface area contributed by atoms with Gasteiger partial charge in [0.15, 0.2) is 6.10 Å². The highest BCUT2D eigenvalue weighted by Crippen LogP contribution is 2.24. The molecule has 0 fully saturated rings. The molecule has 1 unspecified atom stereocenters. The van der Waals surface area contributed by atoms with Gasteiger partial charge in [0, 0.05) is 5.69 Å². The van der Waals surface area contributed by atoms with Crippen molar-refractivity contribution in [2.24, 2.45) is 0 Å². The van der Waals surface area contributed by atoms with E-state index < -0.39 is 6.10 Å². The molecule has 2 aromatic carbocycles. The van der Waals surface area contributed by atoms with Crippen LogP contribution in [0, 0.1) is 6.92 Å². The van der Waals surface area contributed by atoms with Gasteiger partial charge >= 0.3 is 0 Å². The van der Waals surface area contributed by atoms with Crippen LogP contribution in [0.15, 0.2) is 48.5 Å². The summed E-state index contributed by atoms with van der Waals surface area (Å²) in [5.74, 6) is 0.292. The normalized spacial score (nSPS) is 11.8. The SMILES string of the molecule is Cc1ccccc1NC(=O)C(C)Oc1ccccc1Cl.